The molecule has 1 rings (SSSR count). The fraction of sp³-hybridized carbons (Fsp3) is 0.429. The number of nitrogens with one attached hydrogen (secondary N) is 1. The first-order valence-corrected chi connectivity index (χ1v) is 6.23. The highest BCUT2D eigenvalue weighted by molar-refractivity contribution is 6.01. The number of hydrogen-bond donors (Lipinski definition) is 2. The van der Waals surface area contributed by atoms with Crippen LogP contribution in [-0.2, 0) is 9.53 Å². The van der Waals surface area contributed by atoms with E-state index in [0.717, 1.165) is 0 Å². The standard InChI is InChI=1S/C14H20N2O4/c1-8(2)12(14(18)20-4)16-13(17)10-7-9(19-3)5-6-11(10)15/h5-8,12H,15H2,1-4H3,(H,16,17). The molecule has 6 heteroatoms. The van der Waals surface area contributed by atoms with Gasteiger partial charge in [0.25, 0.3) is 5.91 Å². The summed E-state index contributed by atoms with van der Waals surface area (Å²) in [6.45, 7) is 3.63. The van der Waals surface area contributed by atoms with Crippen molar-refractivity contribution in [2.45, 2.75) is 19.9 Å². The van der Waals surface area contributed by atoms with Gasteiger partial charge in [-0.05, 0) is 24.1 Å². The highest BCUT2D eigenvalue weighted by atomic mass is 16.5. The number of ether oxygens (including phenoxy) is 2. The number of rotatable bonds is 5. The van der Waals surface area contributed by atoms with E-state index in [4.69, 9.17) is 10.5 Å². The van der Waals surface area contributed by atoms with Crippen LogP contribution in [0, 0.1) is 5.92 Å². The quantitative estimate of drug-likeness (QED) is 0.625. The van der Waals surface area contributed by atoms with Crippen molar-refractivity contribution in [1.29, 1.82) is 0 Å². The molecule has 0 aromatic heterocycles. The first kappa shape index (κ1) is 15.8. The first-order valence-electron chi connectivity index (χ1n) is 6.23. The van der Waals surface area contributed by atoms with Crippen LogP contribution in [0.3, 0.4) is 0 Å². The summed E-state index contributed by atoms with van der Waals surface area (Å²) in [5.74, 6) is -0.512. The third kappa shape index (κ3) is 3.63. The zero-order valence-corrected chi connectivity index (χ0v) is 12.1. The number of esters is 1. The molecule has 3 N–H and O–H groups in total. The summed E-state index contributed by atoms with van der Waals surface area (Å²) < 4.78 is 9.73. The van der Waals surface area contributed by atoms with Gasteiger partial charge in [-0.25, -0.2) is 4.79 Å². The van der Waals surface area contributed by atoms with Gasteiger partial charge in [-0.1, -0.05) is 13.8 Å². The van der Waals surface area contributed by atoms with Crippen LogP contribution in [-0.4, -0.2) is 32.1 Å². The van der Waals surface area contributed by atoms with E-state index < -0.39 is 17.9 Å². The van der Waals surface area contributed by atoms with Crippen molar-refractivity contribution >= 4 is 17.6 Å². The summed E-state index contributed by atoms with van der Waals surface area (Å²) in [7, 11) is 2.78. The second-order valence-electron chi connectivity index (χ2n) is 4.67. The lowest BCUT2D eigenvalue weighted by atomic mass is 10.0. The summed E-state index contributed by atoms with van der Waals surface area (Å²) in [5, 5.41) is 2.63. The molecule has 0 aliphatic rings. The van der Waals surface area contributed by atoms with Gasteiger partial charge in [-0.3, -0.25) is 4.79 Å². The topological polar surface area (TPSA) is 90.6 Å². The molecule has 1 aromatic rings. The average molecular weight is 280 g/mol. The molecule has 0 spiro atoms. The van der Waals surface area contributed by atoms with Crippen molar-refractivity contribution < 1.29 is 19.1 Å². The molecule has 0 saturated carbocycles. The smallest absolute Gasteiger partial charge is 0.328 e. The molecule has 1 unspecified atom stereocenters. The largest absolute Gasteiger partial charge is 0.497 e. The molecule has 0 aliphatic heterocycles. The highest BCUT2D eigenvalue weighted by Gasteiger charge is 2.26. The van der Waals surface area contributed by atoms with Crippen LogP contribution in [0.2, 0.25) is 0 Å². The Hall–Kier alpha value is -2.24. The fourth-order valence-electron chi connectivity index (χ4n) is 1.70. The number of anilines is 1. The van der Waals surface area contributed by atoms with E-state index in [1.807, 2.05) is 13.8 Å². The summed E-state index contributed by atoms with van der Waals surface area (Å²) in [4.78, 5) is 23.8. The van der Waals surface area contributed by atoms with E-state index in [1.54, 1.807) is 12.1 Å². The highest BCUT2D eigenvalue weighted by Crippen LogP contribution is 2.19. The Bertz CT molecular complexity index is 500. The number of amides is 1. The molecule has 6 nitrogen and oxygen atoms in total. The molecule has 0 aliphatic carbocycles. The van der Waals surface area contributed by atoms with Gasteiger partial charge in [0.05, 0.1) is 19.8 Å². The normalized spacial score (nSPS) is 11.8. The number of hydrogen-bond acceptors (Lipinski definition) is 5. The third-order valence-electron chi connectivity index (χ3n) is 2.91. The number of nitrogen functional groups attached to an aromatic ring is 1. The monoisotopic (exact) mass is 280 g/mol. The number of nitrogens with two attached hydrogens (primary N) is 1. The van der Waals surface area contributed by atoms with E-state index in [2.05, 4.69) is 10.1 Å². The molecule has 1 aromatic carbocycles. The summed E-state index contributed by atoms with van der Waals surface area (Å²) in [6, 6.07) is 4.04. The van der Waals surface area contributed by atoms with Crippen LogP contribution in [0.1, 0.15) is 24.2 Å². The molecule has 0 radical (unpaired) electrons. The van der Waals surface area contributed by atoms with E-state index in [0.29, 0.717) is 11.4 Å². The Balaban J connectivity index is 2.97. The molecule has 1 atom stereocenters. The molecule has 20 heavy (non-hydrogen) atoms. The molecule has 0 fully saturated rings. The molecule has 0 saturated heterocycles. The first-order chi connectivity index (χ1) is 9.40. The Morgan fingerprint density at radius 2 is 1.90 bits per heavy atom. The van der Waals surface area contributed by atoms with Crippen molar-refractivity contribution in [3.63, 3.8) is 0 Å². The Morgan fingerprint density at radius 1 is 1.25 bits per heavy atom. The van der Waals surface area contributed by atoms with Crippen molar-refractivity contribution in [1.82, 2.24) is 5.32 Å². The second kappa shape index (κ2) is 6.79. The molecule has 110 valence electrons. The predicted molar refractivity (Wildman–Crippen MR) is 75.5 cm³/mol. The summed E-state index contributed by atoms with van der Waals surface area (Å²) >= 11 is 0. The lowest BCUT2D eigenvalue weighted by molar-refractivity contribution is -0.144. The van der Waals surface area contributed by atoms with Gasteiger partial charge in [0, 0.05) is 5.69 Å². The third-order valence-corrected chi connectivity index (χ3v) is 2.91. The molecule has 0 bridgehead atoms. The lowest BCUT2D eigenvalue weighted by Gasteiger charge is -2.20. The Kier molecular flexibility index (Phi) is 5.37. The number of carbonyl (C=O) groups excluding carboxylic acids is 2. The van der Waals surface area contributed by atoms with Gasteiger partial charge in [0.15, 0.2) is 0 Å². The van der Waals surface area contributed by atoms with Gasteiger partial charge in [0.2, 0.25) is 0 Å². The molecule has 0 heterocycles. The minimum absolute atomic E-state index is 0.0989. The van der Waals surface area contributed by atoms with Gasteiger partial charge in [-0.15, -0.1) is 0 Å². The minimum atomic E-state index is -0.724. The summed E-state index contributed by atoms with van der Waals surface area (Å²) in [5.41, 5.74) is 6.35. The molecule has 1 amide bonds. The van der Waals surface area contributed by atoms with Gasteiger partial charge in [0.1, 0.15) is 11.8 Å². The van der Waals surface area contributed by atoms with Crippen molar-refractivity contribution in [2.75, 3.05) is 20.0 Å². The van der Waals surface area contributed by atoms with Crippen molar-refractivity contribution in [3.8, 4) is 5.75 Å². The zero-order valence-electron chi connectivity index (χ0n) is 12.1. The Morgan fingerprint density at radius 3 is 2.40 bits per heavy atom. The van der Waals surface area contributed by atoms with Gasteiger partial charge in [-0.2, -0.15) is 0 Å². The Labute approximate surface area is 118 Å². The number of methoxy groups -OCH3 is 2. The van der Waals surface area contributed by atoms with E-state index >= 15 is 0 Å². The van der Waals surface area contributed by atoms with Crippen LogP contribution in [0.25, 0.3) is 0 Å². The van der Waals surface area contributed by atoms with E-state index in [9.17, 15) is 9.59 Å². The van der Waals surface area contributed by atoms with Gasteiger partial charge < -0.3 is 20.5 Å². The van der Waals surface area contributed by atoms with Crippen molar-refractivity contribution in [3.05, 3.63) is 23.8 Å². The van der Waals surface area contributed by atoms with Crippen LogP contribution in [0.4, 0.5) is 5.69 Å². The van der Waals surface area contributed by atoms with Crippen molar-refractivity contribution in [2.24, 2.45) is 5.92 Å². The maximum absolute atomic E-state index is 12.2. The fourth-order valence-corrected chi connectivity index (χ4v) is 1.70. The number of carbonyl (C=O) groups is 2. The second-order valence-corrected chi connectivity index (χ2v) is 4.67. The van der Waals surface area contributed by atoms with Crippen LogP contribution in [0.15, 0.2) is 18.2 Å². The van der Waals surface area contributed by atoms with Crippen LogP contribution in [0.5, 0.6) is 5.75 Å². The predicted octanol–water partition coefficient (Wildman–Crippen LogP) is 1.20. The average Bonchev–Trinajstić information content (AvgIpc) is 2.43. The maximum atomic E-state index is 12.2. The van der Waals surface area contributed by atoms with Gasteiger partial charge >= 0.3 is 5.97 Å². The molecular weight excluding hydrogens is 260 g/mol. The van der Waals surface area contributed by atoms with Crippen LogP contribution < -0.4 is 15.8 Å². The maximum Gasteiger partial charge on any atom is 0.328 e. The number of benzene rings is 1. The van der Waals surface area contributed by atoms with E-state index in [-0.39, 0.29) is 11.5 Å². The zero-order chi connectivity index (χ0) is 15.3. The summed E-state index contributed by atoms with van der Waals surface area (Å²) in [6.07, 6.45) is 0. The molecular formula is C14H20N2O4. The minimum Gasteiger partial charge on any atom is -0.497 e. The lowest BCUT2D eigenvalue weighted by Crippen LogP contribution is -2.45. The van der Waals surface area contributed by atoms with Crippen LogP contribution >= 0.6 is 0 Å². The van der Waals surface area contributed by atoms with E-state index in [1.165, 1.54) is 20.3 Å². The SMILES string of the molecule is COC(=O)C(NC(=O)c1cc(OC)ccc1N)C(C)C.